The summed E-state index contributed by atoms with van der Waals surface area (Å²) in [5.41, 5.74) is -1.00. The molecule has 0 aromatic heterocycles. The minimum atomic E-state index is -1.54. The molecular weight excluding hydrogens is 288 g/mol. The van der Waals surface area contributed by atoms with E-state index in [0.29, 0.717) is 0 Å². The lowest BCUT2D eigenvalue weighted by Gasteiger charge is -2.48. The number of carbonyl (C=O) groups excluding carboxylic acids is 2. The fourth-order valence-corrected chi connectivity index (χ4v) is 4.49. The van der Waals surface area contributed by atoms with Crippen molar-refractivity contribution < 1.29 is 28.5 Å². The van der Waals surface area contributed by atoms with Crippen LogP contribution in [-0.2, 0) is 28.5 Å². The van der Waals surface area contributed by atoms with Crippen molar-refractivity contribution in [3.05, 3.63) is 24.0 Å². The highest BCUT2D eigenvalue weighted by Gasteiger charge is 2.72. The van der Waals surface area contributed by atoms with Crippen LogP contribution in [0.25, 0.3) is 0 Å². The van der Waals surface area contributed by atoms with E-state index in [-0.39, 0.29) is 17.6 Å². The Bertz CT molecular complexity index is 573. The van der Waals surface area contributed by atoms with Gasteiger partial charge in [0, 0.05) is 20.1 Å². The molecule has 0 aromatic carbocycles. The molecule has 0 amide bonds. The van der Waals surface area contributed by atoms with Crippen molar-refractivity contribution in [2.24, 2.45) is 23.2 Å². The molecule has 3 aliphatic rings. The van der Waals surface area contributed by atoms with Gasteiger partial charge in [0.1, 0.15) is 5.41 Å². The molecule has 0 spiro atoms. The average Bonchev–Trinajstić information content (AvgIpc) is 3.15. The van der Waals surface area contributed by atoms with Gasteiger partial charge < -0.3 is 18.9 Å². The van der Waals surface area contributed by atoms with Crippen LogP contribution >= 0.6 is 0 Å². The second kappa shape index (κ2) is 4.93. The Morgan fingerprint density at radius 1 is 1.18 bits per heavy atom. The fourth-order valence-electron chi connectivity index (χ4n) is 4.49. The Kier molecular flexibility index (Phi) is 3.41. The molecule has 0 heterocycles. The number of ketones is 1. The van der Waals surface area contributed by atoms with Crippen LogP contribution in [0.4, 0.5) is 0 Å². The number of Topliss-reactive ketones (excluding diaryl/α,β-unsaturated/α-hetero) is 1. The highest BCUT2D eigenvalue weighted by atomic mass is 16.7. The number of hydrogen-bond donors (Lipinski definition) is 0. The zero-order chi connectivity index (χ0) is 16.1. The van der Waals surface area contributed by atoms with Crippen molar-refractivity contribution in [2.75, 3.05) is 28.4 Å². The van der Waals surface area contributed by atoms with E-state index in [2.05, 4.69) is 0 Å². The quantitative estimate of drug-likeness (QED) is 0.439. The van der Waals surface area contributed by atoms with Gasteiger partial charge in [0.25, 0.3) is 5.78 Å². The third-order valence-electron chi connectivity index (χ3n) is 5.36. The van der Waals surface area contributed by atoms with Crippen LogP contribution in [-0.4, -0.2) is 46.0 Å². The highest BCUT2D eigenvalue weighted by Crippen LogP contribution is 2.64. The van der Waals surface area contributed by atoms with Gasteiger partial charge in [-0.3, -0.25) is 9.59 Å². The first-order chi connectivity index (χ1) is 10.5. The lowest BCUT2D eigenvalue weighted by atomic mass is 9.61. The van der Waals surface area contributed by atoms with Gasteiger partial charge in [-0.05, 0) is 24.3 Å². The van der Waals surface area contributed by atoms with Crippen molar-refractivity contribution in [2.45, 2.75) is 12.2 Å². The van der Waals surface area contributed by atoms with Gasteiger partial charge in [-0.1, -0.05) is 12.2 Å². The Labute approximate surface area is 129 Å². The number of fused-ring (bicyclic) bond motifs is 5. The molecular formula is C16H20O6. The molecule has 22 heavy (non-hydrogen) atoms. The van der Waals surface area contributed by atoms with Gasteiger partial charge in [-0.25, -0.2) is 0 Å². The van der Waals surface area contributed by atoms with Crippen LogP contribution < -0.4 is 0 Å². The molecule has 120 valence electrons. The SMILES string of the molecule is COC(=O)[C@@]12C=C(OC)C(=O)C(OC)(OC)[C@@H]1[C@@H]1C=C[C@H]2C1. The summed E-state index contributed by atoms with van der Waals surface area (Å²) in [5.74, 6) is -2.77. The Morgan fingerprint density at radius 3 is 2.41 bits per heavy atom. The molecule has 0 radical (unpaired) electrons. The van der Waals surface area contributed by atoms with Gasteiger partial charge in [0.2, 0.25) is 5.79 Å². The highest BCUT2D eigenvalue weighted by molar-refractivity contribution is 6.03. The first kappa shape index (κ1) is 15.2. The van der Waals surface area contributed by atoms with Gasteiger partial charge >= 0.3 is 5.97 Å². The second-order valence-electron chi connectivity index (χ2n) is 5.91. The third-order valence-corrected chi connectivity index (χ3v) is 5.36. The number of rotatable bonds is 4. The maximum atomic E-state index is 12.8. The lowest BCUT2D eigenvalue weighted by Crippen LogP contribution is -2.62. The van der Waals surface area contributed by atoms with Crippen LogP contribution in [0.1, 0.15) is 6.42 Å². The Hall–Kier alpha value is -1.66. The summed E-state index contributed by atoms with van der Waals surface area (Å²) in [5, 5.41) is 0. The summed E-state index contributed by atoms with van der Waals surface area (Å²) in [7, 11) is 5.57. The van der Waals surface area contributed by atoms with E-state index in [4.69, 9.17) is 18.9 Å². The summed E-state index contributed by atoms with van der Waals surface area (Å²) in [4.78, 5) is 25.5. The first-order valence-corrected chi connectivity index (χ1v) is 7.20. The van der Waals surface area contributed by atoms with Crippen molar-refractivity contribution >= 4 is 11.8 Å². The molecule has 3 rings (SSSR count). The summed E-state index contributed by atoms with van der Waals surface area (Å²) < 4.78 is 21.3. The largest absolute Gasteiger partial charge is 0.493 e. The van der Waals surface area contributed by atoms with Crippen molar-refractivity contribution in [3.8, 4) is 0 Å². The molecule has 6 heteroatoms. The molecule has 1 fully saturated rings. The van der Waals surface area contributed by atoms with E-state index in [1.54, 1.807) is 6.08 Å². The standard InChI is InChI=1S/C16H20O6/c1-19-11-8-15(14(18)20-2)10-6-5-9(7-10)12(15)16(21-3,22-4)13(11)17/h5-6,8-10,12H,7H2,1-4H3/t9-,10+,12-,15-/m1/s1. The molecule has 2 bridgehead atoms. The minimum absolute atomic E-state index is 0.0163. The summed E-state index contributed by atoms with van der Waals surface area (Å²) in [6.45, 7) is 0. The lowest BCUT2D eigenvalue weighted by molar-refractivity contribution is -0.251. The number of ether oxygens (including phenoxy) is 4. The number of allylic oxidation sites excluding steroid dienone is 2. The number of methoxy groups -OCH3 is 4. The molecule has 0 aromatic rings. The average molecular weight is 308 g/mol. The minimum Gasteiger partial charge on any atom is -0.493 e. The number of hydrogen-bond acceptors (Lipinski definition) is 6. The Morgan fingerprint density at radius 2 is 1.86 bits per heavy atom. The number of esters is 1. The summed E-state index contributed by atoms with van der Waals surface area (Å²) in [6, 6.07) is 0. The molecule has 0 unspecified atom stereocenters. The zero-order valence-electron chi connectivity index (χ0n) is 13.1. The molecule has 6 nitrogen and oxygen atoms in total. The topological polar surface area (TPSA) is 71.1 Å². The molecule has 0 N–H and O–H groups in total. The van der Waals surface area contributed by atoms with Gasteiger partial charge in [0.05, 0.1) is 14.2 Å². The van der Waals surface area contributed by atoms with Crippen molar-refractivity contribution in [1.82, 2.24) is 0 Å². The molecule has 1 saturated carbocycles. The second-order valence-corrected chi connectivity index (χ2v) is 5.91. The molecule has 0 aliphatic heterocycles. The maximum absolute atomic E-state index is 12.8. The third kappa shape index (κ3) is 1.51. The van der Waals surface area contributed by atoms with Gasteiger partial charge in [-0.15, -0.1) is 0 Å². The van der Waals surface area contributed by atoms with E-state index in [0.717, 1.165) is 6.42 Å². The monoisotopic (exact) mass is 308 g/mol. The van der Waals surface area contributed by atoms with E-state index in [1.165, 1.54) is 28.4 Å². The van der Waals surface area contributed by atoms with Crippen LogP contribution in [0, 0.1) is 23.2 Å². The van der Waals surface area contributed by atoms with Crippen molar-refractivity contribution in [1.29, 1.82) is 0 Å². The maximum Gasteiger partial charge on any atom is 0.316 e. The van der Waals surface area contributed by atoms with E-state index < -0.39 is 28.9 Å². The fraction of sp³-hybridized carbons (Fsp3) is 0.625. The molecule has 3 aliphatic carbocycles. The predicted molar refractivity (Wildman–Crippen MR) is 75.5 cm³/mol. The van der Waals surface area contributed by atoms with E-state index in [1.807, 2.05) is 12.2 Å². The van der Waals surface area contributed by atoms with Crippen LogP contribution in [0.2, 0.25) is 0 Å². The Balaban J connectivity index is 2.28. The molecule has 4 atom stereocenters. The van der Waals surface area contributed by atoms with E-state index >= 15 is 0 Å². The van der Waals surface area contributed by atoms with Crippen LogP contribution in [0.3, 0.4) is 0 Å². The zero-order valence-corrected chi connectivity index (χ0v) is 13.1. The van der Waals surface area contributed by atoms with Crippen LogP contribution in [0.5, 0.6) is 0 Å². The summed E-state index contributed by atoms with van der Waals surface area (Å²) in [6.07, 6.45) is 6.40. The summed E-state index contributed by atoms with van der Waals surface area (Å²) >= 11 is 0. The predicted octanol–water partition coefficient (Wildman–Crippen LogP) is 1.07. The van der Waals surface area contributed by atoms with Crippen LogP contribution in [0.15, 0.2) is 24.0 Å². The normalized spacial score (nSPS) is 37.7. The first-order valence-electron chi connectivity index (χ1n) is 7.20. The van der Waals surface area contributed by atoms with Gasteiger partial charge in [-0.2, -0.15) is 0 Å². The number of carbonyl (C=O) groups is 2. The van der Waals surface area contributed by atoms with Gasteiger partial charge in [0.15, 0.2) is 5.76 Å². The molecule has 0 saturated heterocycles. The van der Waals surface area contributed by atoms with E-state index in [9.17, 15) is 9.59 Å². The smallest absolute Gasteiger partial charge is 0.316 e. The van der Waals surface area contributed by atoms with Crippen molar-refractivity contribution in [3.63, 3.8) is 0 Å².